The number of ketones is 1. The van der Waals surface area contributed by atoms with E-state index < -0.39 is 6.10 Å². The summed E-state index contributed by atoms with van der Waals surface area (Å²) in [5, 5.41) is 0. The molecule has 0 saturated heterocycles. The molecule has 21 heavy (non-hydrogen) atoms. The molecule has 0 aliphatic rings. The van der Waals surface area contributed by atoms with Crippen LogP contribution in [0.4, 0.5) is 0 Å². The monoisotopic (exact) mass is 280 g/mol. The predicted octanol–water partition coefficient (Wildman–Crippen LogP) is 4.28. The smallest absolute Gasteiger partial charge is 0.192 e. The Morgan fingerprint density at radius 1 is 1.10 bits per heavy atom. The lowest BCUT2D eigenvalue weighted by Crippen LogP contribution is -2.30. The second-order valence-electron chi connectivity index (χ2n) is 5.04. The molecule has 2 rings (SSSR count). The average molecular weight is 280 g/mol. The Morgan fingerprint density at radius 2 is 1.67 bits per heavy atom. The molecule has 2 nitrogen and oxygen atoms in total. The number of carbonyl (C=O) groups excluding carboxylic acids is 1. The van der Waals surface area contributed by atoms with Crippen LogP contribution in [0.1, 0.15) is 22.8 Å². The molecule has 0 radical (unpaired) electrons. The van der Waals surface area contributed by atoms with Gasteiger partial charge < -0.3 is 4.74 Å². The van der Waals surface area contributed by atoms with Crippen molar-refractivity contribution in [2.45, 2.75) is 19.6 Å². The predicted molar refractivity (Wildman–Crippen MR) is 85.2 cm³/mol. The summed E-state index contributed by atoms with van der Waals surface area (Å²) in [5.41, 5.74) is 1.73. The zero-order valence-electron chi connectivity index (χ0n) is 12.2. The summed E-state index contributed by atoms with van der Waals surface area (Å²) in [5.74, 6) is -0.0413. The molecule has 0 heterocycles. The minimum Gasteiger partial charge on any atom is -0.365 e. The molecule has 0 aliphatic heterocycles. The van der Waals surface area contributed by atoms with E-state index >= 15 is 0 Å². The molecule has 2 heteroatoms. The van der Waals surface area contributed by atoms with Gasteiger partial charge in [0.25, 0.3) is 0 Å². The first-order valence-corrected chi connectivity index (χ1v) is 7.09. The van der Waals surface area contributed by atoms with E-state index in [4.69, 9.17) is 4.74 Å². The number of Topliss-reactive ketones (excluding diaryl/α,β-unsaturated/α-hetero) is 1. The molecule has 108 valence electrons. The maximum Gasteiger partial charge on any atom is 0.192 e. The fourth-order valence-corrected chi connectivity index (χ4v) is 2.12. The first kappa shape index (κ1) is 15.2. The van der Waals surface area contributed by atoms with Crippen molar-refractivity contribution in [2.24, 2.45) is 5.92 Å². The summed E-state index contributed by atoms with van der Waals surface area (Å²) >= 11 is 0. The number of rotatable bonds is 7. The van der Waals surface area contributed by atoms with Crippen LogP contribution in [0, 0.1) is 5.92 Å². The SMILES string of the molecule is C=C[C@H](C)[C@H](OCc1ccccc1)C(=O)c1ccccc1. The molecule has 0 aromatic heterocycles. The van der Waals surface area contributed by atoms with Crippen LogP contribution in [0.3, 0.4) is 0 Å². The Hall–Kier alpha value is -2.19. The van der Waals surface area contributed by atoms with Crippen LogP contribution in [0.15, 0.2) is 73.3 Å². The maximum atomic E-state index is 12.6. The fourth-order valence-electron chi connectivity index (χ4n) is 2.12. The topological polar surface area (TPSA) is 26.3 Å². The highest BCUT2D eigenvalue weighted by atomic mass is 16.5. The van der Waals surface area contributed by atoms with Gasteiger partial charge in [0.2, 0.25) is 0 Å². The van der Waals surface area contributed by atoms with Crippen LogP contribution < -0.4 is 0 Å². The van der Waals surface area contributed by atoms with E-state index in [2.05, 4.69) is 6.58 Å². The molecule has 0 bridgehead atoms. The first-order valence-electron chi connectivity index (χ1n) is 7.09. The van der Waals surface area contributed by atoms with Crippen LogP contribution in [-0.2, 0) is 11.3 Å². The van der Waals surface area contributed by atoms with E-state index in [9.17, 15) is 4.79 Å². The van der Waals surface area contributed by atoms with E-state index in [0.717, 1.165) is 5.56 Å². The van der Waals surface area contributed by atoms with Gasteiger partial charge in [-0.05, 0) is 5.56 Å². The van der Waals surface area contributed by atoms with Crippen molar-refractivity contribution in [1.29, 1.82) is 0 Å². The molecular weight excluding hydrogens is 260 g/mol. The van der Waals surface area contributed by atoms with Gasteiger partial charge >= 0.3 is 0 Å². The van der Waals surface area contributed by atoms with Gasteiger partial charge in [-0.15, -0.1) is 6.58 Å². The third-order valence-electron chi connectivity index (χ3n) is 3.44. The van der Waals surface area contributed by atoms with Crippen molar-refractivity contribution >= 4 is 5.78 Å². The van der Waals surface area contributed by atoms with Gasteiger partial charge in [-0.1, -0.05) is 73.7 Å². The van der Waals surface area contributed by atoms with Gasteiger partial charge in [0.15, 0.2) is 5.78 Å². The zero-order valence-corrected chi connectivity index (χ0v) is 12.2. The standard InChI is InChI=1S/C19H20O2/c1-3-15(2)19(18(20)17-12-8-5-9-13-17)21-14-16-10-6-4-7-11-16/h3-13,15,19H,1,14H2,2H3/t15-,19-/m0/s1. The molecule has 2 aromatic rings. The number of ether oxygens (including phenoxy) is 1. The summed E-state index contributed by atoms with van der Waals surface area (Å²) in [6, 6.07) is 19.1. The Bertz CT molecular complexity index is 575. The first-order chi connectivity index (χ1) is 10.2. The molecular formula is C19H20O2. The number of hydrogen-bond donors (Lipinski definition) is 0. The Morgan fingerprint density at radius 3 is 2.24 bits per heavy atom. The lowest BCUT2D eigenvalue weighted by molar-refractivity contribution is 0.0199. The van der Waals surface area contributed by atoms with Crippen molar-refractivity contribution in [1.82, 2.24) is 0 Å². The molecule has 0 N–H and O–H groups in total. The van der Waals surface area contributed by atoms with E-state index in [1.165, 1.54) is 0 Å². The Balaban J connectivity index is 2.11. The maximum absolute atomic E-state index is 12.6. The van der Waals surface area contributed by atoms with E-state index in [1.54, 1.807) is 6.08 Å². The second kappa shape index (κ2) is 7.55. The number of hydrogen-bond acceptors (Lipinski definition) is 2. The van der Waals surface area contributed by atoms with Crippen LogP contribution in [0.5, 0.6) is 0 Å². The van der Waals surface area contributed by atoms with E-state index in [1.807, 2.05) is 67.6 Å². The fraction of sp³-hybridized carbons (Fsp3) is 0.211. The molecule has 0 amide bonds. The van der Waals surface area contributed by atoms with Crippen molar-refractivity contribution < 1.29 is 9.53 Å². The van der Waals surface area contributed by atoms with Gasteiger partial charge in [-0.3, -0.25) is 4.79 Å². The summed E-state index contributed by atoms with van der Waals surface area (Å²) in [7, 11) is 0. The third kappa shape index (κ3) is 4.14. The van der Waals surface area contributed by atoms with Crippen molar-refractivity contribution in [3.8, 4) is 0 Å². The molecule has 0 unspecified atom stereocenters. The lowest BCUT2D eigenvalue weighted by atomic mass is 9.96. The molecule has 2 atom stereocenters. The van der Waals surface area contributed by atoms with Crippen molar-refractivity contribution in [3.63, 3.8) is 0 Å². The second-order valence-corrected chi connectivity index (χ2v) is 5.04. The zero-order chi connectivity index (χ0) is 15.1. The number of benzene rings is 2. The Kier molecular flexibility index (Phi) is 5.47. The van der Waals surface area contributed by atoms with Crippen LogP contribution in [0.2, 0.25) is 0 Å². The Labute approximate surface area is 126 Å². The minimum atomic E-state index is -0.509. The molecule has 0 spiro atoms. The van der Waals surface area contributed by atoms with E-state index in [0.29, 0.717) is 12.2 Å². The normalized spacial score (nSPS) is 13.4. The van der Waals surface area contributed by atoms with Crippen LogP contribution in [-0.4, -0.2) is 11.9 Å². The molecule has 0 fully saturated rings. The van der Waals surface area contributed by atoms with Gasteiger partial charge in [0, 0.05) is 11.5 Å². The van der Waals surface area contributed by atoms with Crippen LogP contribution in [0.25, 0.3) is 0 Å². The number of carbonyl (C=O) groups is 1. The van der Waals surface area contributed by atoms with Crippen molar-refractivity contribution in [3.05, 3.63) is 84.4 Å². The van der Waals surface area contributed by atoms with Gasteiger partial charge in [0.1, 0.15) is 6.10 Å². The van der Waals surface area contributed by atoms with Gasteiger partial charge in [-0.2, -0.15) is 0 Å². The molecule has 2 aromatic carbocycles. The largest absolute Gasteiger partial charge is 0.365 e. The highest BCUT2D eigenvalue weighted by Gasteiger charge is 2.25. The summed E-state index contributed by atoms with van der Waals surface area (Å²) in [6.45, 7) is 6.15. The summed E-state index contributed by atoms with van der Waals surface area (Å²) in [6.07, 6.45) is 1.25. The summed E-state index contributed by atoms with van der Waals surface area (Å²) < 4.78 is 5.88. The highest BCUT2D eigenvalue weighted by Crippen LogP contribution is 2.17. The van der Waals surface area contributed by atoms with Gasteiger partial charge in [0.05, 0.1) is 6.61 Å². The quantitative estimate of drug-likeness (QED) is 0.559. The third-order valence-corrected chi connectivity index (χ3v) is 3.44. The van der Waals surface area contributed by atoms with Crippen molar-refractivity contribution in [2.75, 3.05) is 0 Å². The van der Waals surface area contributed by atoms with Gasteiger partial charge in [-0.25, -0.2) is 0 Å². The minimum absolute atomic E-state index is 0.000990. The highest BCUT2D eigenvalue weighted by molar-refractivity contribution is 5.99. The molecule has 0 aliphatic carbocycles. The average Bonchev–Trinajstić information content (AvgIpc) is 2.56. The lowest BCUT2D eigenvalue weighted by Gasteiger charge is -2.21. The van der Waals surface area contributed by atoms with Crippen LogP contribution >= 0.6 is 0 Å². The summed E-state index contributed by atoms with van der Waals surface area (Å²) in [4.78, 5) is 12.6. The molecule has 0 saturated carbocycles. The van der Waals surface area contributed by atoms with E-state index in [-0.39, 0.29) is 11.7 Å².